The maximum atomic E-state index is 4.87. The molecular weight excluding hydrogens is 275 g/mol. The van der Waals surface area contributed by atoms with Crippen molar-refractivity contribution in [1.82, 2.24) is 0 Å². The van der Waals surface area contributed by atoms with E-state index in [4.69, 9.17) is 67.4 Å². The molecule has 8 heavy (non-hydrogen) atoms. The molecule has 0 radical (unpaired) electrons. The van der Waals surface area contributed by atoms with Gasteiger partial charge in [0.15, 0.2) is 12.0 Å². The smallest absolute Gasteiger partial charge is 0.0596 e. The zero-order chi connectivity index (χ0) is 7.15. The van der Waals surface area contributed by atoms with E-state index in [-0.39, 0.29) is 0 Å². The van der Waals surface area contributed by atoms with E-state index >= 15 is 0 Å². The van der Waals surface area contributed by atoms with Gasteiger partial charge >= 0.3 is 0 Å². The summed E-state index contributed by atoms with van der Waals surface area (Å²) in [7, 11) is 0. The predicted octanol–water partition coefficient (Wildman–Crippen LogP) is 5.86. The number of rotatable bonds is 0. The van der Waals surface area contributed by atoms with E-state index in [1.807, 2.05) is 0 Å². The average molecular weight is 275 g/mol. The zero-order valence-corrected chi connectivity index (χ0v) is 9.49. The molecule has 0 aromatic rings. The molecule has 0 heterocycles. The molecule has 0 unspecified atom stereocenters. The van der Waals surface area contributed by atoms with Crippen molar-refractivity contribution in [3.05, 3.63) is 0 Å². The Bertz CT molecular complexity index is 22.0. The minimum Gasteiger partial charge on any atom is -0.0596 e. The lowest BCUT2D eigenvalue weighted by Crippen LogP contribution is -0.958. The number of hydrogen-bond acceptors (Lipinski definition) is 0. The summed E-state index contributed by atoms with van der Waals surface area (Å²) in [6, 6.07) is 0. The Morgan fingerprint density at radius 3 is 0.500 bits per heavy atom. The summed E-state index contributed by atoms with van der Waals surface area (Å²) in [5.41, 5.74) is 0. The first-order valence-electron chi connectivity index (χ1n) is 1.01. The lowest BCUT2D eigenvalue weighted by atomic mass is 30.4. The average Bonchev–Trinajstić information content (AvgIpc) is 1.25. The van der Waals surface area contributed by atoms with Crippen LogP contribution in [0.25, 0.3) is 0 Å². The second-order valence-corrected chi connectivity index (χ2v) is 10.3. The van der Waals surface area contributed by atoms with Crippen LogP contribution in [0.2, 0.25) is 0 Å². The van der Waals surface area contributed by atoms with Gasteiger partial charge < -0.3 is 0 Å². The lowest BCUT2D eigenvalue weighted by molar-refractivity contribution is 4.57. The van der Waals surface area contributed by atoms with E-state index in [1.54, 1.807) is 0 Å². The van der Waals surface area contributed by atoms with Gasteiger partial charge in [-0.05, 0) is 0 Å². The lowest BCUT2D eigenvalue weighted by Gasteiger charge is -1.68. The molecule has 0 aliphatic rings. The molecule has 0 aromatic heterocycles. The monoisotopic (exact) mass is 272 g/mol. The van der Waals surface area contributed by atoms with Gasteiger partial charge in [0.1, 0.15) is 0 Å². The fourth-order valence-corrected chi connectivity index (χ4v) is 0. The van der Waals surface area contributed by atoms with Gasteiger partial charge in [0.05, 0.1) is 0 Å². The number of halogens is 6. The van der Waals surface area contributed by atoms with Gasteiger partial charge in [0.25, 0.3) is 0 Å². The summed E-state index contributed by atoms with van der Waals surface area (Å²) in [5.74, 6) is -2.41. The second-order valence-electron chi connectivity index (χ2n) is 0.383. The highest BCUT2D eigenvalue weighted by molar-refractivity contribution is 8.20. The van der Waals surface area contributed by atoms with Gasteiger partial charge in [0.2, 0.25) is 0 Å². The van der Waals surface area contributed by atoms with Crippen molar-refractivity contribution in [2.45, 2.75) is 0 Å². The van der Waals surface area contributed by atoms with Crippen LogP contribution in [0.5, 0.6) is 0 Å². The van der Waals surface area contributed by atoms with Gasteiger partial charge in [-0.25, -0.2) is 0 Å². The molecule has 0 N–H and O–H groups in total. The molecule has 0 bridgehead atoms. The second kappa shape index (κ2) is 9.60. The van der Waals surface area contributed by atoms with Crippen LogP contribution in [0.15, 0.2) is 0 Å². The molecule has 52 valence electrons. The molecule has 8 heteroatoms. The van der Waals surface area contributed by atoms with Crippen LogP contribution < -0.4 is 0 Å². The number of hydrogen-bond donors (Lipinski definition) is 0. The van der Waals surface area contributed by atoms with Crippen molar-refractivity contribution in [1.29, 1.82) is 0 Å². The molecule has 0 nitrogen and oxygen atoms in total. The molecule has 0 rings (SSSR count). The van der Waals surface area contributed by atoms with Crippen LogP contribution in [-0.2, 0) is 0 Å². The van der Waals surface area contributed by atoms with E-state index in [9.17, 15) is 0 Å². The van der Waals surface area contributed by atoms with Crippen LogP contribution in [0.4, 0.5) is 0 Å². The fourth-order valence-electron chi connectivity index (χ4n) is 0. The maximum absolute atomic E-state index is 4.87. The molecular formula is Cl6P2. The molecule has 0 saturated heterocycles. The van der Waals surface area contributed by atoms with E-state index in [2.05, 4.69) is 0 Å². The highest BCUT2D eigenvalue weighted by Gasteiger charge is 1.80. The van der Waals surface area contributed by atoms with E-state index in [0.717, 1.165) is 0 Å². The molecule has 0 atom stereocenters. The first-order chi connectivity index (χ1) is 3.46. The molecule has 0 spiro atoms. The van der Waals surface area contributed by atoms with Crippen LogP contribution >= 0.6 is 79.4 Å². The third-order valence-corrected chi connectivity index (χ3v) is 0. The highest BCUT2D eigenvalue weighted by Crippen LogP contribution is 2.51. The normalized spacial score (nSPS) is 9.00. The minimum atomic E-state index is -1.20. The Hall–Kier alpha value is 2.60. The predicted molar refractivity (Wildman–Crippen MR) is 49.0 cm³/mol. The van der Waals surface area contributed by atoms with Crippen molar-refractivity contribution < 1.29 is 0 Å². The minimum absolute atomic E-state index is 1.20. The summed E-state index contributed by atoms with van der Waals surface area (Å²) < 4.78 is 0. The Morgan fingerprint density at radius 2 is 0.500 bits per heavy atom. The van der Waals surface area contributed by atoms with E-state index < -0.39 is 12.0 Å². The molecule has 0 aliphatic heterocycles. The van der Waals surface area contributed by atoms with Gasteiger partial charge in [-0.15, -0.1) is 0 Å². The standard InChI is InChI=1S/2Cl3P/c2*1-4(2)3. The van der Waals surface area contributed by atoms with Gasteiger partial charge in [0, 0.05) is 0 Å². The SMILES string of the molecule is ClP(Cl)Cl.ClP(Cl)Cl. The molecule has 0 aliphatic carbocycles. The van der Waals surface area contributed by atoms with Crippen molar-refractivity contribution >= 4 is 79.4 Å². The van der Waals surface area contributed by atoms with E-state index in [1.165, 1.54) is 0 Å². The maximum Gasteiger partial charge on any atom is 0.179 e. The van der Waals surface area contributed by atoms with Crippen LogP contribution in [0.1, 0.15) is 0 Å². The van der Waals surface area contributed by atoms with Crippen LogP contribution in [0, 0.1) is 0 Å². The quantitative estimate of drug-likeness (QED) is 0.485. The van der Waals surface area contributed by atoms with E-state index in [0.29, 0.717) is 0 Å². The molecule has 0 aromatic carbocycles. The summed E-state index contributed by atoms with van der Waals surface area (Å²) in [4.78, 5) is 0. The summed E-state index contributed by atoms with van der Waals surface area (Å²) >= 11 is 29.2. The van der Waals surface area contributed by atoms with Crippen molar-refractivity contribution in [3.8, 4) is 0 Å². The largest absolute Gasteiger partial charge is 0.179 e. The van der Waals surface area contributed by atoms with Gasteiger partial charge in [-0.2, -0.15) is 0 Å². The Labute approximate surface area is 79.0 Å². The Balaban J connectivity index is 0. The van der Waals surface area contributed by atoms with Gasteiger partial charge in [-0.1, -0.05) is 67.4 Å². The zero-order valence-electron chi connectivity index (χ0n) is 3.16. The fraction of sp³-hybridized carbons (Fsp3) is 0. The highest BCUT2D eigenvalue weighted by atomic mass is 36.1. The van der Waals surface area contributed by atoms with Crippen molar-refractivity contribution in [2.24, 2.45) is 0 Å². The van der Waals surface area contributed by atoms with Gasteiger partial charge in [-0.3, -0.25) is 0 Å². The molecule has 0 saturated carbocycles. The summed E-state index contributed by atoms with van der Waals surface area (Å²) in [6.45, 7) is 0. The van der Waals surface area contributed by atoms with Crippen LogP contribution in [-0.4, -0.2) is 0 Å². The topological polar surface area (TPSA) is 0 Å². The third-order valence-electron chi connectivity index (χ3n) is 0. The summed E-state index contributed by atoms with van der Waals surface area (Å²) in [6.07, 6.45) is 0. The van der Waals surface area contributed by atoms with Crippen molar-refractivity contribution in [2.75, 3.05) is 0 Å². The Morgan fingerprint density at radius 1 is 0.500 bits per heavy atom. The summed E-state index contributed by atoms with van der Waals surface area (Å²) in [5, 5.41) is 0. The van der Waals surface area contributed by atoms with Crippen molar-refractivity contribution in [3.63, 3.8) is 0 Å². The molecule has 0 amide bonds. The van der Waals surface area contributed by atoms with Crippen LogP contribution in [0.3, 0.4) is 0 Å². The molecule has 0 fully saturated rings. The first kappa shape index (κ1) is 13.2. The first-order valence-corrected chi connectivity index (χ1v) is 9.13. The Kier molecular flexibility index (Phi) is 15.9. The third kappa shape index (κ3) is 73.5.